The van der Waals surface area contributed by atoms with Crippen LogP contribution in [0.4, 0.5) is 0 Å². The van der Waals surface area contributed by atoms with Gasteiger partial charge in [0.1, 0.15) is 0 Å². The van der Waals surface area contributed by atoms with Crippen molar-refractivity contribution in [1.82, 2.24) is 0 Å². The van der Waals surface area contributed by atoms with E-state index < -0.39 is 9.05 Å². The molecule has 0 aliphatic carbocycles. The standard InChI is InChI=1S/4C14H32N.O4Si/c4*1-5-9-12-15(8-4,13-10-6-2)14-11-7-3;1-5(2,3)4/h4*5-14H2,1-4H3;/q4*+1;-4. The molecule has 0 aliphatic rings. The molecule has 0 spiro atoms. The van der Waals surface area contributed by atoms with Crippen LogP contribution in [0.15, 0.2) is 0 Å². The highest BCUT2D eigenvalue weighted by Gasteiger charge is 2.26. The number of hydrogen-bond donors (Lipinski definition) is 0. The summed E-state index contributed by atoms with van der Waals surface area (Å²) in [6, 6.07) is 0. The zero-order valence-corrected chi connectivity index (χ0v) is 49.2. The fourth-order valence-corrected chi connectivity index (χ4v) is 9.16. The lowest BCUT2D eigenvalue weighted by Crippen LogP contribution is -2.82. The Morgan fingerprint density at radius 1 is 0.200 bits per heavy atom. The van der Waals surface area contributed by atoms with Gasteiger partial charge in [-0.2, -0.15) is 0 Å². The second-order valence-electron chi connectivity index (χ2n) is 20.1. The lowest BCUT2D eigenvalue weighted by molar-refractivity contribution is -0.927. The van der Waals surface area contributed by atoms with Gasteiger partial charge < -0.3 is 46.2 Å². The Labute approximate surface area is 414 Å². The van der Waals surface area contributed by atoms with Crippen molar-refractivity contribution in [2.75, 3.05) is 105 Å². The normalized spacial score (nSPS) is 12.0. The molecule has 0 rings (SSSR count). The van der Waals surface area contributed by atoms with Crippen LogP contribution in [0.1, 0.15) is 265 Å². The minimum absolute atomic E-state index is 1.33. The van der Waals surface area contributed by atoms with E-state index in [1.165, 1.54) is 277 Å². The molecule has 0 unspecified atom stereocenters. The molecular weight excluding hydrogens is 821 g/mol. The molecule has 0 bridgehead atoms. The molecule has 0 heterocycles. The van der Waals surface area contributed by atoms with E-state index in [0.717, 1.165) is 0 Å². The molecule has 0 aliphatic heterocycles. The largest absolute Gasteiger partial charge is 0.894 e. The van der Waals surface area contributed by atoms with Crippen molar-refractivity contribution >= 4 is 9.05 Å². The highest BCUT2D eigenvalue weighted by molar-refractivity contribution is 6.38. The van der Waals surface area contributed by atoms with Crippen molar-refractivity contribution in [2.45, 2.75) is 265 Å². The van der Waals surface area contributed by atoms with Crippen LogP contribution in [0, 0.1) is 0 Å². The van der Waals surface area contributed by atoms with Gasteiger partial charge in [0.05, 0.1) is 105 Å². The smallest absolute Gasteiger partial charge is 0.0786 e. The molecule has 8 nitrogen and oxygen atoms in total. The van der Waals surface area contributed by atoms with Gasteiger partial charge in [-0.05, 0) is 105 Å². The molecular formula is C56H128N4O4Si. The van der Waals surface area contributed by atoms with Gasteiger partial charge in [-0.3, -0.25) is 0 Å². The van der Waals surface area contributed by atoms with E-state index in [0.29, 0.717) is 0 Å². The fraction of sp³-hybridized carbons (Fsp3) is 1.00. The van der Waals surface area contributed by atoms with Gasteiger partial charge in [0.2, 0.25) is 0 Å². The number of unbranched alkanes of at least 4 members (excludes halogenated alkanes) is 12. The van der Waals surface area contributed by atoms with E-state index in [1.54, 1.807) is 0 Å². The maximum atomic E-state index is 8.58. The lowest BCUT2D eigenvalue weighted by Gasteiger charge is -2.67. The zero-order valence-electron chi connectivity index (χ0n) is 48.2. The van der Waals surface area contributed by atoms with Gasteiger partial charge in [0.25, 0.3) is 0 Å². The Morgan fingerprint density at radius 2 is 0.277 bits per heavy atom. The average molecular weight is 950 g/mol. The summed E-state index contributed by atoms with van der Waals surface area (Å²) in [6.07, 6.45) is 33.0. The van der Waals surface area contributed by atoms with Crippen LogP contribution in [0.3, 0.4) is 0 Å². The summed E-state index contributed by atoms with van der Waals surface area (Å²) in [5.74, 6) is 0. The first-order chi connectivity index (χ1) is 31.0. The van der Waals surface area contributed by atoms with E-state index in [2.05, 4.69) is 111 Å². The molecule has 0 aromatic rings. The Balaban J connectivity index is -0.000000237. The first kappa shape index (κ1) is 73.9. The van der Waals surface area contributed by atoms with Crippen LogP contribution in [-0.4, -0.2) is 132 Å². The molecule has 0 radical (unpaired) electrons. The topological polar surface area (TPSA) is 92.2 Å². The lowest BCUT2D eigenvalue weighted by atomic mass is 10.1. The summed E-state index contributed by atoms with van der Waals surface area (Å²) >= 11 is 0. The van der Waals surface area contributed by atoms with E-state index in [-0.39, 0.29) is 0 Å². The SMILES string of the molecule is CCCC[N+](CC)(CCCC)CCCC.CCCC[N+](CC)(CCCC)CCCC.CCCC[N+](CC)(CCCC)CCCC.CCCC[N+](CC)(CCCC)CCCC.[O-][Si]([O-])([O-])[O-]. The molecule has 0 aromatic carbocycles. The second-order valence-corrected chi connectivity index (χ2v) is 21.1. The molecule has 0 aromatic heterocycles. The molecule has 0 saturated carbocycles. The molecule has 0 saturated heterocycles. The van der Waals surface area contributed by atoms with Crippen LogP contribution in [-0.2, 0) is 0 Å². The Morgan fingerprint density at radius 3 is 0.323 bits per heavy atom. The third-order valence-corrected chi connectivity index (χ3v) is 14.5. The van der Waals surface area contributed by atoms with Crippen LogP contribution >= 0.6 is 0 Å². The van der Waals surface area contributed by atoms with Crippen LogP contribution in [0.5, 0.6) is 0 Å². The minimum atomic E-state index is -5.61. The Hall–Kier alpha value is -0.103. The number of nitrogens with zero attached hydrogens (tertiary/aromatic N) is 4. The predicted octanol–water partition coefficient (Wildman–Crippen LogP) is 11.8. The van der Waals surface area contributed by atoms with Gasteiger partial charge in [-0.1, -0.05) is 160 Å². The summed E-state index contributed by atoms with van der Waals surface area (Å²) in [5.41, 5.74) is 0. The van der Waals surface area contributed by atoms with E-state index >= 15 is 0 Å². The van der Waals surface area contributed by atoms with E-state index in [4.69, 9.17) is 19.2 Å². The van der Waals surface area contributed by atoms with Crippen molar-refractivity contribution < 1.29 is 37.1 Å². The third-order valence-electron chi connectivity index (χ3n) is 14.5. The minimum Gasteiger partial charge on any atom is -0.894 e. The Bertz CT molecular complexity index is 670. The number of quaternary nitrogens is 4. The highest BCUT2D eigenvalue weighted by atomic mass is 28.4. The monoisotopic (exact) mass is 949 g/mol. The summed E-state index contributed by atoms with van der Waals surface area (Å²) in [4.78, 5) is 34.3. The van der Waals surface area contributed by atoms with Gasteiger partial charge in [0.15, 0.2) is 0 Å². The average Bonchev–Trinajstić information content (AvgIpc) is 3.31. The summed E-state index contributed by atoms with van der Waals surface area (Å²) in [5, 5.41) is 0. The molecule has 400 valence electrons. The van der Waals surface area contributed by atoms with Gasteiger partial charge in [0, 0.05) is 0 Å². The van der Waals surface area contributed by atoms with Crippen LogP contribution < -0.4 is 19.2 Å². The number of rotatable bonds is 40. The molecule has 0 N–H and O–H groups in total. The molecule has 0 fully saturated rings. The maximum absolute atomic E-state index is 8.58. The third kappa shape index (κ3) is 47.4. The summed E-state index contributed by atoms with van der Waals surface area (Å²) < 4.78 is 5.54. The first-order valence-corrected chi connectivity index (χ1v) is 30.8. The zero-order chi connectivity index (χ0) is 50.8. The van der Waals surface area contributed by atoms with Crippen molar-refractivity contribution in [2.24, 2.45) is 0 Å². The van der Waals surface area contributed by atoms with Gasteiger partial charge >= 0.3 is 0 Å². The van der Waals surface area contributed by atoms with E-state index in [9.17, 15) is 0 Å². The maximum Gasteiger partial charge on any atom is 0.0786 e. The molecule has 0 atom stereocenters. The van der Waals surface area contributed by atoms with E-state index in [1.807, 2.05) is 0 Å². The van der Waals surface area contributed by atoms with Crippen LogP contribution in [0.25, 0.3) is 0 Å². The molecule has 65 heavy (non-hydrogen) atoms. The quantitative estimate of drug-likeness (QED) is 0.0452. The highest BCUT2D eigenvalue weighted by Crippen LogP contribution is 2.17. The predicted molar refractivity (Wildman–Crippen MR) is 286 cm³/mol. The second kappa shape index (κ2) is 51.7. The fourth-order valence-electron chi connectivity index (χ4n) is 9.16. The van der Waals surface area contributed by atoms with Gasteiger partial charge in [-0.25, -0.2) is 0 Å². The Kier molecular flexibility index (Phi) is 58.8. The summed E-state index contributed by atoms with van der Waals surface area (Å²) in [7, 11) is -5.61. The number of hydrogen-bond acceptors (Lipinski definition) is 4. The summed E-state index contributed by atoms with van der Waals surface area (Å²) in [6.45, 7) is 59.5. The van der Waals surface area contributed by atoms with Crippen molar-refractivity contribution in [3.63, 3.8) is 0 Å². The van der Waals surface area contributed by atoms with Crippen molar-refractivity contribution in [3.8, 4) is 0 Å². The van der Waals surface area contributed by atoms with Crippen molar-refractivity contribution in [1.29, 1.82) is 0 Å². The van der Waals surface area contributed by atoms with Gasteiger partial charge in [-0.15, -0.1) is 0 Å². The molecule has 9 heteroatoms. The van der Waals surface area contributed by atoms with Crippen LogP contribution in [0.2, 0.25) is 0 Å². The van der Waals surface area contributed by atoms with Crippen molar-refractivity contribution in [3.05, 3.63) is 0 Å². The first-order valence-electron chi connectivity index (χ1n) is 29.2. The molecule has 0 amide bonds.